The third-order valence-corrected chi connectivity index (χ3v) is 7.81. The topological polar surface area (TPSA) is 61.9 Å². The fourth-order valence-corrected chi connectivity index (χ4v) is 6.66. The largest absolute Gasteiger partial charge is 0.497 e. The van der Waals surface area contributed by atoms with Gasteiger partial charge in [-0.3, -0.25) is 4.90 Å². The normalized spacial score (nSPS) is 28.8. The Balaban J connectivity index is 1.59. The van der Waals surface area contributed by atoms with E-state index in [1.807, 2.05) is 12.1 Å². The van der Waals surface area contributed by atoms with E-state index in [0.717, 1.165) is 25.4 Å². The van der Waals surface area contributed by atoms with Gasteiger partial charge in [-0.25, -0.2) is 8.42 Å². The van der Waals surface area contributed by atoms with Crippen LogP contribution in [0.5, 0.6) is 5.75 Å². The van der Waals surface area contributed by atoms with Crippen LogP contribution in [0.15, 0.2) is 24.3 Å². The average molecular weight is 396 g/mol. The Labute approximate surface area is 160 Å². The first-order valence-corrected chi connectivity index (χ1v) is 11.4. The molecule has 0 aromatic heterocycles. The highest BCUT2D eigenvalue weighted by atomic mass is 32.2. The average Bonchev–Trinajstić information content (AvgIpc) is 3.29. The molecule has 3 saturated heterocycles. The van der Waals surface area contributed by atoms with Crippen molar-refractivity contribution in [2.24, 2.45) is 0 Å². The first-order chi connectivity index (χ1) is 12.5. The standard InChI is InChI=1S/C18H25N3O3S2/c1-24-14-6-4-13(5-7-14)16(20-8-2-3-9-20)10-21-17-12-26(22,23)11-15(17)19-18(21)25/h4-7,15-17H,2-3,8-12H2,1H3,(H,19,25)/t15-,16+,17+/m1/s1. The Morgan fingerprint density at radius 3 is 2.58 bits per heavy atom. The zero-order valence-corrected chi connectivity index (χ0v) is 16.6. The van der Waals surface area contributed by atoms with Gasteiger partial charge >= 0.3 is 0 Å². The van der Waals surface area contributed by atoms with Gasteiger partial charge in [-0.2, -0.15) is 0 Å². The van der Waals surface area contributed by atoms with Gasteiger partial charge in [-0.05, 0) is 55.8 Å². The number of methoxy groups -OCH3 is 1. The molecule has 0 bridgehead atoms. The zero-order valence-electron chi connectivity index (χ0n) is 14.9. The molecule has 3 aliphatic heterocycles. The second-order valence-electron chi connectivity index (χ2n) is 7.38. The summed E-state index contributed by atoms with van der Waals surface area (Å²) in [6.07, 6.45) is 2.41. The van der Waals surface area contributed by atoms with E-state index in [1.165, 1.54) is 18.4 Å². The van der Waals surface area contributed by atoms with Crippen molar-refractivity contribution in [1.29, 1.82) is 0 Å². The van der Waals surface area contributed by atoms with Crippen molar-refractivity contribution in [1.82, 2.24) is 15.1 Å². The Morgan fingerprint density at radius 2 is 1.92 bits per heavy atom. The van der Waals surface area contributed by atoms with Crippen molar-refractivity contribution in [3.05, 3.63) is 29.8 Å². The molecule has 1 aromatic rings. The molecule has 26 heavy (non-hydrogen) atoms. The summed E-state index contributed by atoms with van der Waals surface area (Å²) in [6.45, 7) is 2.85. The lowest BCUT2D eigenvalue weighted by molar-refractivity contribution is 0.192. The number of ether oxygens (including phenoxy) is 1. The van der Waals surface area contributed by atoms with E-state index >= 15 is 0 Å². The Hall–Kier alpha value is -1.38. The molecular weight excluding hydrogens is 370 g/mol. The molecule has 1 N–H and O–H groups in total. The molecule has 142 valence electrons. The Kier molecular flexibility index (Phi) is 4.83. The van der Waals surface area contributed by atoms with Crippen LogP contribution in [0.25, 0.3) is 0 Å². The molecular formula is C18H25N3O3S2. The summed E-state index contributed by atoms with van der Waals surface area (Å²) >= 11 is 5.53. The molecule has 3 heterocycles. The van der Waals surface area contributed by atoms with E-state index in [4.69, 9.17) is 17.0 Å². The summed E-state index contributed by atoms with van der Waals surface area (Å²) in [6, 6.07) is 8.28. The SMILES string of the molecule is COc1ccc([C@H](CN2C(=S)N[C@@H]3CS(=O)(=O)C[C@@H]32)N2CCCC2)cc1. The zero-order chi connectivity index (χ0) is 18.3. The lowest BCUT2D eigenvalue weighted by Gasteiger charge is -2.34. The number of thiocarbonyl (C=S) groups is 1. The van der Waals surface area contributed by atoms with Crippen LogP contribution in [-0.4, -0.2) is 73.7 Å². The molecule has 1 aromatic carbocycles. The van der Waals surface area contributed by atoms with E-state index in [0.29, 0.717) is 5.11 Å². The summed E-state index contributed by atoms with van der Waals surface area (Å²) in [4.78, 5) is 4.60. The summed E-state index contributed by atoms with van der Waals surface area (Å²) < 4.78 is 29.4. The second-order valence-corrected chi connectivity index (χ2v) is 9.93. The summed E-state index contributed by atoms with van der Waals surface area (Å²) in [7, 11) is -1.32. The third-order valence-electron chi connectivity index (χ3n) is 5.74. The molecule has 0 aliphatic carbocycles. The van der Waals surface area contributed by atoms with Gasteiger partial charge < -0.3 is 15.0 Å². The smallest absolute Gasteiger partial charge is 0.169 e. The van der Waals surface area contributed by atoms with Crippen LogP contribution < -0.4 is 10.1 Å². The second kappa shape index (κ2) is 6.98. The summed E-state index contributed by atoms with van der Waals surface area (Å²) in [5, 5.41) is 3.91. The van der Waals surface area contributed by atoms with Crippen LogP contribution in [0.1, 0.15) is 24.4 Å². The number of likely N-dealkylation sites (tertiary alicyclic amines) is 1. The lowest BCUT2D eigenvalue weighted by Crippen LogP contribution is -2.43. The predicted octanol–water partition coefficient (Wildman–Crippen LogP) is 1.19. The summed E-state index contributed by atoms with van der Waals surface area (Å²) in [5.74, 6) is 1.22. The van der Waals surface area contributed by atoms with Gasteiger partial charge in [-0.1, -0.05) is 12.1 Å². The van der Waals surface area contributed by atoms with Gasteiger partial charge in [0.1, 0.15) is 5.75 Å². The van der Waals surface area contributed by atoms with Crippen molar-refractivity contribution in [2.75, 3.05) is 38.2 Å². The highest BCUT2D eigenvalue weighted by Crippen LogP contribution is 2.31. The van der Waals surface area contributed by atoms with Crippen LogP contribution in [0.3, 0.4) is 0 Å². The van der Waals surface area contributed by atoms with Gasteiger partial charge in [0.05, 0.1) is 36.7 Å². The number of nitrogens with zero attached hydrogens (tertiary/aromatic N) is 2. The molecule has 4 rings (SSSR count). The molecule has 8 heteroatoms. The monoisotopic (exact) mass is 395 g/mol. The van der Waals surface area contributed by atoms with E-state index in [-0.39, 0.29) is 29.6 Å². The maximum atomic E-state index is 12.0. The van der Waals surface area contributed by atoms with Crippen molar-refractivity contribution >= 4 is 27.2 Å². The van der Waals surface area contributed by atoms with E-state index in [9.17, 15) is 8.42 Å². The number of hydrogen-bond acceptors (Lipinski definition) is 5. The van der Waals surface area contributed by atoms with Crippen LogP contribution in [0.4, 0.5) is 0 Å². The molecule has 0 unspecified atom stereocenters. The predicted molar refractivity (Wildman–Crippen MR) is 105 cm³/mol. The first-order valence-electron chi connectivity index (χ1n) is 9.12. The van der Waals surface area contributed by atoms with Gasteiger partial charge in [0.2, 0.25) is 0 Å². The molecule has 0 saturated carbocycles. The van der Waals surface area contributed by atoms with Gasteiger partial charge in [0, 0.05) is 6.54 Å². The van der Waals surface area contributed by atoms with E-state index < -0.39 is 9.84 Å². The van der Waals surface area contributed by atoms with Crippen LogP contribution in [-0.2, 0) is 9.84 Å². The van der Waals surface area contributed by atoms with Crippen molar-refractivity contribution in [2.45, 2.75) is 31.0 Å². The van der Waals surface area contributed by atoms with Crippen molar-refractivity contribution < 1.29 is 13.2 Å². The first kappa shape index (κ1) is 18.0. The van der Waals surface area contributed by atoms with E-state index in [2.05, 4.69) is 27.2 Å². The Morgan fingerprint density at radius 1 is 1.23 bits per heavy atom. The quantitative estimate of drug-likeness (QED) is 0.752. The third kappa shape index (κ3) is 3.42. The number of rotatable bonds is 5. The fraction of sp³-hybridized carbons (Fsp3) is 0.611. The van der Waals surface area contributed by atoms with Crippen molar-refractivity contribution in [3.63, 3.8) is 0 Å². The maximum Gasteiger partial charge on any atom is 0.169 e. The lowest BCUT2D eigenvalue weighted by atomic mass is 10.0. The number of fused-ring (bicyclic) bond motifs is 1. The maximum absolute atomic E-state index is 12.0. The minimum Gasteiger partial charge on any atom is -0.497 e. The molecule has 3 aliphatic rings. The molecule has 3 fully saturated rings. The summed E-state index contributed by atoms with van der Waals surface area (Å²) in [5.41, 5.74) is 1.22. The van der Waals surface area contributed by atoms with Crippen molar-refractivity contribution in [3.8, 4) is 5.75 Å². The molecule has 0 amide bonds. The van der Waals surface area contributed by atoms with Gasteiger partial charge in [0.15, 0.2) is 14.9 Å². The van der Waals surface area contributed by atoms with Crippen LogP contribution in [0.2, 0.25) is 0 Å². The van der Waals surface area contributed by atoms with Gasteiger partial charge in [0.25, 0.3) is 0 Å². The number of hydrogen-bond donors (Lipinski definition) is 1. The van der Waals surface area contributed by atoms with Crippen LogP contribution >= 0.6 is 12.2 Å². The van der Waals surface area contributed by atoms with Gasteiger partial charge in [-0.15, -0.1) is 0 Å². The fourth-order valence-electron chi connectivity index (χ4n) is 4.38. The number of benzene rings is 1. The molecule has 0 radical (unpaired) electrons. The Bertz CT molecular complexity index is 775. The highest BCUT2D eigenvalue weighted by molar-refractivity contribution is 7.91. The molecule has 0 spiro atoms. The number of sulfone groups is 1. The highest BCUT2D eigenvalue weighted by Gasteiger charge is 2.47. The number of nitrogens with one attached hydrogen (secondary N) is 1. The molecule has 6 nitrogen and oxygen atoms in total. The minimum absolute atomic E-state index is 0.0455. The van der Waals surface area contributed by atoms with E-state index in [1.54, 1.807) is 7.11 Å². The van der Waals surface area contributed by atoms with Crippen LogP contribution in [0, 0.1) is 0 Å². The molecule has 3 atom stereocenters. The minimum atomic E-state index is -2.98.